The van der Waals surface area contributed by atoms with Crippen LogP contribution >= 0.6 is 141 Å². The third-order valence-corrected chi connectivity index (χ3v) is 35.5. The molecule has 0 radical (unpaired) electrons. The van der Waals surface area contributed by atoms with Gasteiger partial charge < -0.3 is 91.0 Å². The maximum Gasteiger partial charge on any atom is 1.00 e. The zero-order valence-corrected chi connectivity index (χ0v) is 62.6. The van der Waals surface area contributed by atoms with E-state index in [4.69, 9.17) is 0 Å². The fraction of sp³-hybridized carbons (Fsp3) is 0.596. The van der Waals surface area contributed by atoms with E-state index in [0.29, 0.717) is 46.1 Å². The van der Waals surface area contributed by atoms with E-state index >= 15 is 0 Å². The molecule has 12 N–H and O–H groups in total. The fourth-order valence-corrected chi connectivity index (χ4v) is 32.5. The molecule has 0 saturated carbocycles. The Labute approximate surface area is 609 Å². The summed E-state index contributed by atoms with van der Waals surface area (Å²) in [6.07, 6.45) is 0.472. The van der Waals surface area contributed by atoms with Crippen molar-refractivity contribution in [1.29, 1.82) is 0 Å². The molecule has 6 aliphatic heterocycles. The van der Waals surface area contributed by atoms with Crippen molar-refractivity contribution in [2.45, 2.75) is 166 Å². The first-order valence-electron chi connectivity index (χ1n) is 26.3. The molecule has 6 aliphatic rings. The number of aromatic carboxylic acids is 3. The first-order chi connectivity index (χ1) is 39.3. The zero-order valence-electron chi connectivity index (χ0n) is 46.8. The molecule has 0 spiro atoms. The minimum atomic E-state index is -1.56. The van der Waals surface area contributed by atoms with Gasteiger partial charge in [0.25, 0.3) is 0 Å². The molecule has 9 rings (SSSR count). The van der Waals surface area contributed by atoms with Gasteiger partial charge in [-0.3, -0.25) is 0 Å². The Bertz CT molecular complexity index is 2480. The van der Waals surface area contributed by atoms with Crippen LogP contribution in [0.5, 0.6) is 0 Å². The maximum absolute atomic E-state index is 14.1. The molecule has 3 aromatic rings. The Hall–Kier alpha value is 2.79. The van der Waals surface area contributed by atoms with Crippen LogP contribution in [0.25, 0.3) is 0 Å². The summed E-state index contributed by atoms with van der Waals surface area (Å²) in [5, 5.41) is 172. The van der Waals surface area contributed by atoms with Gasteiger partial charge in [0.15, 0.2) is 0 Å². The molecule has 18 nitrogen and oxygen atoms in total. The molecule has 0 amide bonds. The number of thioether (sulfide) groups is 12. The second kappa shape index (κ2) is 32.2. The molecule has 0 aromatic heterocycles. The van der Waals surface area contributed by atoms with Gasteiger partial charge in [0, 0.05) is 161 Å². The summed E-state index contributed by atoms with van der Waals surface area (Å²) in [5.74, 6) is -5.97. The smallest absolute Gasteiger partial charge is 0.545 e. The summed E-state index contributed by atoms with van der Waals surface area (Å²) >= 11 is 14.2. The summed E-state index contributed by atoms with van der Waals surface area (Å²) in [4.78, 5) is 45.8. The van der Waals surface area contributed by atoms with E-state index in [2.05, 4.69) is 0 Å². The first kappa shape index (κ1) is 76.8. The Morgan fingerprint density at radius 3 is 0.482 bits per heavy atom. The summed E-state index contributed by atoms with van der Waals surface area (Å²) in [5.41, 5.74) is 0.651. The minimum Gasteiger partial charge on any atom is -0.545 e. The zero-order chi connectivity index (χ0) is 59.2. The van der Waals surface area contributed by atoms with Gasteiger partial charge in [-0.05, 0) is 93.7 Å². The van der Waals surface area contributed by atoms with E-state index in [1.165, 1.54) is 70.6 Å². The third-order valence-electron chi connectivity index (χ3n) is 14.9. The average molecular weight is 1430 g/mol. The third kappa shape index (κ3) is 14.6. The van der Waals surface area contributed by atoms with Gasteiger partial charge in [-0.25, -0.2) is 0 Å². The Kier molecular flexibility index (Phi) is 29.1. The summed E-state index contributed by atoms with van der Waals surface area (Å²) < 4.78 is -6.79. The molecule has 85 heavy (non-hydrogen) atoms. The number of aliphatic hydroxyl groups is 12. The van der Waals surface area contributed by atoms with Crippen molar-refractivity contribution in [2.24, 2.45) is 0 Å². The minimum absolute atomic E-state index is 0. The van der Waals surface area contributed by atoms with E-state index in [1.54, 1.807) is 0 Å². The van der Waals surface area contributed by atoms with Gasteiger partial charge in [0.1, 0.15) is 0 Å². The topological polar surface area (TPSA) is 363 Å². The number of carbonyl (C=O) groups is 3. The van der Waals surface area contributed by atoms with Crippen LogP contribution in [0.15, 0.2) is 58.7 Å². The number of hydrogen-bond donors (Lipinski definition) is 12. The van der Waals surface area contributed by atoms with Crippen molar-refractivity contribution in [3.63, 3.8) is 0 Å². The average Bonchev–Trinajstić information content (AvgIpc) is 1.59. The summed E-state index contributed by atoms with van der Waals surface area (Å²) in [7, 11) is 0. The van der Waals surface area contributed by atoms with Gasteiger partial charge in [-0.1, -0.05) is 0 Å². The molecular weight excluding hydrogens is 1370 g/mol. The van der Waals surface area contributed by atoms with E-state index in [9.17, 15) is 91.0 Å². The van der Waals surface area contributed by atoms with Crippen LogP contribution in [0.3, 0.4) is 0 Å². The SMILES string of the molecule is O=C([O-])c1c2c(c(C(c3c4c(c(C(=O)[O-])c5c3SC(CCO)(CCO)S5)SC(CCO)(CCO)S4)c3c4c(c(C(=O)[O-])c5c3SC(CCO)(CCO)S5)SC(CCO)(CCO)S4)c3c1SC(CCO)(CCO)S3)SC(CCO)(CCO)S2.[Na+].[Na+].[Na+]. The standard InChI is InChI=1S/C52H64O18S12.3Na/c53-13-1-47(2-14-54)71-32-26(33-39(29(44(65)66)38(32)77-47)78-48(72-33,3-15-55)4-16-56)25(27-34-40(79-49(73-34,5-17-57)6-18-58)30(45(67)68)41-35(27)74-50(80-41,7-19-59)8-20-60)28-36-42(81-51(75-36,9-21-61)10-22-62)31(46(69)70)43-37(28)76-52(82-43,11-23-63)12-24-64;;;/h25,53-64H,1-24H2,(H,65,66)(H,67,68)(H,69,70);;;/q;3*+1/p-3. The van der Waals surface area contributed by atoms with Crippen molar-refractivity contribution in [3.8, 4) is 0 Å². The van der Waals surface area contributed by atoms with Gasteiger partial charge in [0.05, 0.1) is 42.4 Å². The van der Waals surface area contributed by atoms with Gasteiger partial charge in [-0.2, -0.15) is 0 Å². The number of rotatable bonds is 30. The van der Waals surface area contributed by atoms with Crippen LogP contribution < -0.4 is 104 Å². The quantitative estimate of drug-likeness (QED) is 0.0219. The summed E-state index contributed by atoms with van der Waals surface area (Å²) in [6, 6.07) is 0. The Morgan fingerprint density at radius 2 is 0.376 bits per heavy atom. The van der Waals surface area contributed by atoms with E-state index in [-0.39, 0.29) is 212 Å². The van der Waals surface area contributed by atoms with E-state index < -0.39 is 128 Å². The normalized spacial score (nSPS) is 18.9. The van der Waals surface area contributed by atoms with Crippen molar-refractivity contribution >= 4 is 159 Å². The molecule has 452 valence electrons. The van der Waals surface area contributed by atoms with Crippen LogP contribution in [-0.2, 0) is 0 Å². The van der Waals surface area contributed by atoms with Crippen LogP contribution in [0.4, 0.5) is 0 Å². The van der Waals surface area contributed by atoms with Crippen LogP contribution in [0.2, 0.25) is 0 Å². The molecule has 3 aromatic carbocycles. The number of carbonyl (C=O) groups excluding carboxylic acids is 3. The van der Waals surface area contributed by atoms with Crippen LogP contribution in [0.1, 0.15) is 131 Å². The van der Waals surface area contributed by atoms with Crippen molar-refractivity contribution in [2.75, 3.05) is 79.3 Å². The predicted molar refractivity (Wildman–Crippen MR) is 320 cm³/mol. The molecule has 6 heterocycles. The number of carboxylic acid groups (broad SMARTS) is 3. The molecule has 0 fully saturated rings. The van der Waals surface area contributed by atoms with Gasteiger partial charge in [0.2, 0.25) is 0 Å². The second-order valence-electron chi connectivity index (χ2n) is 20.0. The maximum atomic E-state index is 14.1. The number of carboxylic acids is 3. The second-order valence-corrected chi connectivity index (χ2v) is 38.3. The Balaban J connectivity index is 0.00000386. The Morgan fingerprint density at radius 1 is 0.259 bits per heavy atom. The molecule has 0 atom stereocenters. The van der Waals surface area contributed by atoms with Crippen LogP contribution in [0, 0.1) is 0 Å². The van der Waals surface area contributed by atoms with Crippen molar-refractivity contribution < 1.29 is 180 Å². The molecule has 33 heteroatoms. The number of aliphatic hydroxyl groups excluding tert-OH is 12. The van der Waals surface area contributed by atoms with E-state index in [1.807, 2.05) is 0 Å². The molecule has 0 aliphatic carbocycles. The number of benzene rings is 3. The van der Waals surface area contributed by atoms with E-state index in [0.717, 1.165) is 70.6 Å². The van der Waals surface area contributed by atoms with Crippen molar-refractivity contribution in [3.05, 3.63) is 33.4 Å². The monoisotopic (exact) mass is 1430 g/mol. The predicted octanol–water partition coefficient (Wildman–Crippen LogP) is -5.08. The largest absolute Gasteiger partial charge is 1.00 e. The molecule has 0 bridgehead atoms. The molecular formula is C52H61Na3O18S12. The van der Waals surface area contributed by atoms with Crippen LogP contribution in [-0.4, -0.2) is 183 Å². The number of fused-ring (bicyclic) bond motifs is 6. The number of hydrogen-bond acceptors (Lipinski definition) is 30. The van der Waals surface area contributed by atoms with Gasteiger partial charge >= 0.3 is 88.7 Å². The van der Waals surface area contributed by atoms with Gasteiger partial charge in [-0.15, -0.1) is 141 Å². The fourth-order valence-electron chi connectivity index (χ4n) is 11.4. The van der Waals surface area contributed by atoms with Crippen molar-refractivity contribution in [1.82, 2.24) is 0 Å². The molecule has 0 unspecified atom stereocenters. The molecule has 0 saturated heterocycles. The first-order valence-corrected chi connectivity index (χ1v) is 36.1. The summed E-state index contributed by atoms with van der Waals surface area (Å²) in [6.45, 7) is -4.68.